The summed E-state index contributed by atoms with van der Waals surface area (Å²) in [5.41, 5.74) is 0.803. The van der Waals surface area contributed by atoms with E-state index in [-0.39, 0.29) is 18.1 Å². The molecule has 1 aromatic carbocycles. The normalized spacial score (nSPS) is 10.3. The molecule has 0 fully saturated rings. The Morgan fingerprint density at radius 1 is 1.39 bits per heavy atom. The van der Waals surface area contributed by atoms with Crippen molar-refractivity contribution in [2.75, 3.05) is 0 Å². The molecule has 5 heteroatoms. The summed E-state index contributed by atoms with van der Waals surface area (Å²) in [5.74, 6) is 0.127. The van der Waals surface area contributed by atoms with Gasteiger partial charge in [-0.25, -0.2) is 0 Å². The van der Waals surface area contributed by atoms with Gasteiger partial charge in [0.15, 0.2) is 0 Å². The third-order valence-corrected chi connectivity index (χ3v) is 4.34. The maximum absolute atomic E-state index is 11.7. The molecule has 0 bridgehead atoms. The van der Waals surface area contributed by atoms with Crippen molar-refractivity contribution in [2.24, 2.45) is 0 Å². The molecular weight excluding hydrogens is 314 g/mol. The van der Waals surface area contributed by atoms with E-state index >= 15 is 0 Å². The van der Waals surface area contributed by atoms with Gasteiger partial charge in [0.1, 0.15) is 5.75 Å². The summed E-state index contributed by atoms with van der Waals surface area (Å²) in [7, 11) is 0. The summed E-state index contributed by atoms with van der Waals surface area (Å²) >= 11 is 5.02. The number of rotatable bonds is 4. The summed E-state index contributed by atoms with van der Waals surface area (Å²) in [6, 6.07) is 8.69. The molecule has 2 aromatic rings. The van der Waals surface area contributed by atoms with E-state index in [1.807, 2.05) is 17.5 Å². The zero-order chi connectivity index (χ0) is 13.0. The first-order valence-corrected chi connectivity index (χ1v) is 7.09. The molecule has 0 spiro atoms. The van der Waals surface area contributed by atoms with Crippen molar-refractivity contribution in [1.29, 1.82) is 0 Å². The first-order valence-electron chi connectivity index (χ1n) is 5.41. The fourth-order valence-electron chi connectivity index (χ4n) is 1.54. The van der Waals surface area contributed by atoms with Crippen LogP contribution in [0.1, 0.15) is 10.4 Å². The zero-order valence-electron chi connectivity index (χ0n) is 9.52. The van der Waals surface area contributed by atoms with Gasteiger partial charge in [-0.2, -0.15) is 0 Å². The first-order chi connectivity index (χ1) is 8.65. The minimum absolute atomic E-state index is 0.0547. The van der Waals surface area contributed by atoms with E-state index in [0.29, 0.717) is 6.54 Å². The van der Waals surface area contributed by atoms with Gasteiger partial charge in [0.2, 0.25) is 5.91 Å². The smallest absolute Gasteiger partial charge is 0.224 e. The van der Waals surface area contributed by atoms with Crippen LogP contribution in [0.4, 0.5) is 0 Å². The number of hydrogen-bond donors (Lipinski definition) is 2. The van der Waals surface area contributed by atoms with Crippen LogP contribution in [0.15, 0.2) is 40.2 Å². The minimum atomic E-state index is -0.0547. The topological polar surface area (TPSA) is 49.3 Å². The summed E-state index contributed by atoms with van der Waals surface area (Å²) < 4.78 is 1.02. The Kier molecular flexibility index (Phi) is 4.38. The molecule has 94 valence electrons. The van der Waals surface area contributed by atoms with E-state index in [2.05, 4.69) is 21.2 Å². The number of aromatic hydroxyl groups is 1. The number of halogens is 1. The van der Waals surface area contributed by atoms with E-state index in [9.17, 15) is 9.90 Å². The van der Waals surface area contributed by atoms with Gasteiger partial charge in [0.05, 0.1) is 13.0 Å². The van der Waals surface area contributed by atoms with Gasteiger partial charge >= 0.3 is 0 Å². The predicted molar refractivity (Wildman–Crippen MR) is 75.7 cm³/mol. The number of nitrogens with one attached hydrogen (secondary N) is 1. The second-order valence-corrected chi connectivity index (χ2v) is 5.67. The number of phenolic OH excluding ortho intramolecular Hbond substituents is 1. The Balaban J connectivity index is 1.88. The van der Waals surface area contributed by atoms with E-state index < -0.39 is 0 Å². The molecule has 1 aromatic heterocycles. The van der Waals surface area contributed by atoms with Crippen LogP contribution in [0.5, 0.6) is 5.75 Å². The van der Waals surface area contributed by atoms with Gasteiger partial charge in [0.25, 0.3) is 0 Å². The van der Waals surface area contributed by atoms with E-state index in [1.54, 1.807) is 29.5 Å². The lowest BCUT2D eigenvalue weighted by Gasteiger charge is -2.05. The lowest BCUT2D eigenvalue weighted by atomic mass is 10.1. The molecule has 0 saturated heterocycles. The highest BCUT2D eigenvalue weighted by atomic mass is 79.9. The Labute approximate surface area is 118 Å². The number of phenols is 1. The van der Waals surface area contributed by atoms with E-state index in [1.165, 1.54) is 0 Å². The van der Waals surface area contributed by atoms with Crippen LogP contribution >= 0.6 is 27.3 Å². The van der Waals surface area contributed by atoms with Crippen molar-refractivity contribution in [3.05, 3.63) is 50.6 Å². The van der Waals surface area contributed by atoms with Crippen LogP contribution in [0.2, 0.25) is 0 Å². The second kappa shape index (κ2) is 6.02. The van der Waals surface area contributed by atoms with Crippen molar-refractivity contribution < 1.29 is 9.90 Å². The molecule has 0 aliphatic heterocycles. The summed E-state index contributed by atoms with van der Waals surface area (Å²) in [5, 5.41) is 14.1. The van der Waals surface area contributed by atoms with Crippen molar-refractivity contribution in [2.45, 2.75) is 13.0 Å². The fourth-order valence-corrected chi connectivity index (χ4v) is 2.98. The average Bonchev–Trinajstić information content (AvgIpc) is 2.72. The summed E-state index contributed by atoms with van der Waals surface area (Å²) in [6.07, 6.45) is 0.275. The zero-order valence-corrected chi connectivity index (χ0v) is 11.9. The van der Waals surface area contributed by atoms with Gasteiger partial charge in [-0.3, -0.25) is 4.79 Å². The van der Waals surface area contributed by atoms with Crippen molar-refractivity contribution >= 4 is 33.2 Å². The Morgan fingerprint density at radius 3 is 2.89 bits per heavy atom. The number of thiophene rings is 1. The van der Waals surface area contributed by atoms with Crippen LogP contribution in [-0.2, 0) is 17.8 Å². The molecule has 3 nitrogen and oxygen atoms in total. The Bertz CT molecular complexity index is 553. The molecule has 0 aliphatic carbocycles. The molecule has 0 radical (unpaired) electrons. The monoisotopic (exact) mass is 325 g/mol. The molecule has 18 heavy (non-hydrogen) atoms. The summed E-state index contributed by atoms with van der Waals surface area (Å²) in [6.45, 7) is 0.524. The van der Waals surface area contributed by atoms with Crippen LogP contribution in [0.3, 0.4) is 0 Å². The minimum Gasteiger partial charge on any atom is -0.508 e. The van der Waals surface area contributed by atoms with E-state index in [0.717, 1.165) is 14.9 Å². The van der Waals surface area contributed by atoms with E-state index in [4.69, 9.17) is 0 Å². The predicted octanol–water partition coefficient (Wildman–Crippen LogP) is 3.08. The fraction of sp³-hybridized carbons (Fsp3) is 0.154. The number of carbonyl (C=O) groups excluding carboxylic acids is 1. The molecule has 0 atom stereocenters. The average molecular weight is 326 g/mol. The molecule has 1 heterocycles. The lowest BCUT2D eigenvalue weighted by Crippen LogP contribution is -2.24. The van der Waals surface area contributed by atoms with Crippen molar-refractivity contribution in [3.8, 4) is 5.75 Å². The molecule has 2 N–H and O–H groups in total. The maximum Gasteiger partial charge on any atom is 0.224 e. The molecule has 0 aliphatic rings. The van der Waals surface area contributed by atoms with Gasteiger partial charge in [-0.1, -0.05) is 12.1 Å². The first kappa shape index (κ1) is 13.1. The second-order valence-electron chi connectivity index (χ2n) is 3.82. The van der Waals surface area contributed by atoms with Crippen molar-refractivity contribution in [1.82, 2.24) is 5.32 Å². The van der Waals surface area contributed by atoms with Crippen LogP contribution in [-0.4, -0.2) is 11.0 Å². The van der Waals surface area contributed by atoms with Gasteiger partial charge < -0.3 is 10.4 Å². The number of benzene rings is 1. The van der Waals surface area contributed by atoms with Crippen LogP contribution in [0.25, 0.3) is 0 Å². The Hall–Kier alpha value is -1.33. The third-order valence-electron chi connectivity index (χ3n) is 2.41. The SMILES string of the molecule is O=C(Cc1cccc(O)c1)NCc1sccc1Br. The lowest BCUT2D eigenvalue weighted by molar-refractivity contribution is -0.120. The highest BCUT2D eigenvalue weighted by molar-refractivity contribution is 9.10. The maximum atomic E-state index is 11.7. The summed E-state index contributed by atoms with van der Waals surface area (Å²) in [4.78, 5) is 12.8. The molecule has 1 amide bonds. The third kappa shape index (κ3) is 3.58. The van der Waals surface area contributed by atoms with Crippen LogP contribution < -0.4 is 5.32 Å². The molecule has 0 unspecified atom stereocenters. The highest BCUT2D eigenvalue weighted by Crippen LogP contribution is 2.22. The highest BCUT2D eigenvalue weighted by Gasteiger charge is 2.06. The molecule has 2 rings (SSSR count). The Morgan fingerprint density at radius 2 is 2.22 bits per heavy atom. The largest absolute Gasteiger partial charge is 0.508 e. The van der Waals surface area contributed by atoms with Gasteiger partial charge in [0, 0.05) is 9.35 Å². The molecule has 0 saturated carbocycles. The van der Waals surface area contributed by atoms with Crippen molar-refractivity contribution in [3.63, 3.8) is 0 Å². The van der Waals surface area contributed by atoms with Crippen LogP contribution in [0, 0.1) is 0 Å². The number of carbonyl (C=O) groups is 1. The molecular formula is C13H12BrNO2S. The number of hydrogen-bond acceptors (Lipinski definition) is 3. The number of amides is 1. The standard InChI is InChI=1S/C13H12BrNO2S/c14-11-4-5-18-12(11)8-15-13(17)7-9-2-1-3-10(16)6-9/h1-6,16H,7-8H2,(H,15,17). The van der Waals surface area contributed by atoms with Gasteiger partial charge in [-0.15, -0.1) is 11.3 Å². The quantitative estimate of drug-likeness (QED) is 0.907. The van der Waals surface area contributed by atoms with Gasteiger partial charge in [-0.05, 0) is 45.1 Å².